The Bertz CT molecular complexity index is 389. The highest BCUT2D eigenvalue weighted by atomic mass is 19.1. The average molecular weight is 254 g/mol. The molecule has 3 nitrogen and oxygen atoms in total. The molecule has 4 heteroatoms. The van der Waals surface area contributed by atoms with Gasteiger partial charge in [0.2, 0.25) is 6.29 Å². The van der Waals surface area contributed by atoms with Crippen molar-refractivity contribution in [3.63, 3.8) is 0 Å². The first-order valence-corrected chi connectivity index (χ1v) is 6.47. The van der Waals surface area contributed by atoms with Crippen molar-refractivity contribution >= 4 is 0 Å². The molecule has 0 aliphatic heterocycles. The summed E-state index contributed by atoms with van der Waals surface area (Å²) in [6, 6.07) is 4.04. The maximum Gasteiger partial charge on any atom is 0.202 e. The fourth-order valence-corrected chi connectivity index (χ4v) is 2.36. The van der Waals surface area contributed by atoms with Crippen LogP contribution in [0.15, 0.2) is 18.2 Å². The zero-order valence-electron chi connectivity index (χ0n) is 10.6. The average Bonchev–Trinajstić information content (AvgIpc) is 2.87. The van der Waals surface area contributed by atoms with Crippen molar-refractivity contribution in [2.75, 3.05) is 6.61 Å². The Morgan fingerprint density at radius 1 is 1.39 bits per heavy atom. The van der Waals surface area contributed by atoms with Crippen LogP contribution in [0.1, 0.15) is 32.6 Å². The Hall–Kier alpha value is -1.29. The highest BCUT2D eigenvalue weighted by Gasteiger charge is 2.27. The highest BCUT2D eigenvalue weighted by Crippen LogP contribution is 2.31. The van der Waals surface area contributed by atoms with Crippen LogP contribution in [-0.4, -0.2) is 18.0 Å². The summed E-state index contributed by atoms with van der Waals surface area (Å²) in [5.74, 6) is -0.261. The zero-order chi connectivity index (χ0) is 13.0. The number of phenolic OH excluding ortho intramolecular Hbond substituents is 1. The lowest BCUT2D eigenvalue weighted by atomic mass is 10.1. The predicted molar refractivity (Wildman–Crippen MR) is 66.1 cm³/mol. The number of rotatable bonds is 5. The molecule has 0 amide bonds. The molecule has 1 N–H and O–H groups in total. The van der Waals surface area contributed by atoms with Crippen molar-refractivity contribution < 1.29 is 19.0 Å². The van der Waals surface area contributed by atoms with E-state index in [1.165, 1.54) is 25.0 Å². The van der Waals surface area contributed by atoms with Crippen molar-refractivity contribution in [2.24, 2.45) is 5.92 Å². The fraction of sp³-hybridized carbons (Fsp3) is 0.571. The molecule has 1 aliphatic carbocycles. The Kier molecular flexibility index (Phi) is 4.42. The number of hydrogen-bond donors (Lipinski definition) is 1. The molecule has 0 aromatic heterocycles. The van der Waals surface area contributed by atoms with Gasteiger partial charge in [0.15, 0.2) is 11.6 Å². The number of halogens is 1. The van der Waals surface area contributed by atoms with E-state index in [1.54, 1.807) is 6.07 Å². The van der Waals surface area contributed by atoms with Crippen molar-refractivity contribution in [2.45, 2.75) is 38.9 Å². The lowest BCUT2D eigenvalue weighted by Crippen LogP contribution is -2.28. The van der Waals surface area contributed by atoms with Gasteiger partial charge in [-0.15, -0.1) is 0 Å². The second-order valence-electron chi connectivity index (χ2n) is 4.60. The third kappa shape index (κ3) is 3.13. The summed E-state index contributed by atoms with van der Waals surface area (Å²) in [7, 11) is 0. The Labute approximate surface area is 107 Å². The van der Waals surface area contributed by atoms with E-state index < -0.39 is 5.82 Å². The molecule has 0 saturated heterocycles. The summed E-state index contributed by atoms with van der Waals surface area (Å²) in [6.45, 7) is 2.49. The van der Waals surface area contributed by atoms with Crippen LogP contribution in [0.4, 0.5) is 4.39 Å². The van der Waals surface area contributed by atoms with Gasteiger partial charge in [-0.3, -0.25) is 0 Å². The number of phenols is 1. The molecule has 0 radical (unpaired) electrons. The largest absolute Gasteiger partial charge is 0.505 e. The van der Waals surface area contributed by atoms with E-state index >= 15 is 0 Å². The molecule has 1 fully saturated rings. The van der Waals surface area contributed by atoms with E-state index in [-0.39, 0.29) is 12.0 Å². The fourth-order valence-electron chi connectivity index (χ4n) is 2.36. The van der Waals surface area contributed by atoms with Crippen LogP contribution in [0.25, 0.3) is 0 Å². The van der Waals surface area contributed by atoms with Crippen molar-refractivity contribution in [3.8, 4) is 11.5 Å². The van der Waals surface area contributed by atoms with Gasteiger partial charge in [0.1, 0.15) is 5.75 Å². The molecule has 18 heavy (non-hydrogen) atoms. The molecular weight excluding hydrogens is 235 g/mol. The maximum atomic E-state index is 13.2. The molecule has 1 aliphatic rings. The van der Waals surface area contributed by atoms with Gasteiger partial charge in [0.25, 0.3) is 0 Å². The molecule has 0 spiro atoms. The van der Waals surface area contributed by atoms with Gasteiger partial charge in [-0.25, -0.2) is 4.39 Å². The number of benzene rings is 1. The van der Waals surface area contributed by atoms with E-state index in [2.05, 4.69) is 0 Å². The van der Waals surface area contributed by atoms with Gasteiger partial charge in [0, 0.05) is 18.6 Å². The van der Waals surface area contributed by atoms with E-state index in [9.17, 15) is 4.39 Å². The Morgan fingerprint density at radius 2 is 2.11 bits per heavy atom. The molecule has 1 aromatic carbocycles. The second kappa shape index (κ2) is 6.05. The first kappa shape index (κ1) is 13.1. The van der Waals surface area contributed by atoms with E-state index in [0.29, 0.717) is 18.3 Å². The maximum absolute atomic E-state index is 13.2. The predicted octanol–water partition coefficient (Wildman–Crippen LogP) is 3.46. The van der Waals surface area contributed by atoms with Crippen LogP contribution >= 0.6 is 0 Å². The molecule has 1 aromatic rings. The normalized spacial score (nSPS) is 17.9. The van der Waals surface area contributed by atoms with Crippen LogP contribution in [0, 0.1) is 11.7 Å². The number of aromatic hydroxyl groups is 1. The first-order valence-electron chi connectivity index (χ1n) is 6.47. The zero-order valence-corrected chi connectivity index (χ0v) is 10.6. The van der Waals surface area contributed by atoms with Gasteiger partial charge < -0.3 is 14.6 Å². The van der Waals surface area contributed by atoms with Crippen LogP contribution in [0.2, 0.25) is 0 Å². The topological polar surface area (TPSA) is 38.7 Å². The molecule has 2 rings (SSSR count). The van der Waals surface area contributed by atoms with Gasteiger partial charge in [-0.1, -0.05) is 12.8 Å². The van der Waals surface area contributed by atoms with E-state index in [1.807, 2.05) is 6.92 Å². The summed E-state index contributed by atoms with van der Waals surface area (Å²) in [4.78, 5) is 0. The Balaban J connectivity index is 2.04. The minimum absolute atomic E-state index is 0.318. The Morgan fingerprint density at radius 3 is 2.72 bits per heavy atom. The van der Waals surface area contributed by atoms with Crippen LogP contribution in [-0.2, 0) is 4.74 Å². The summed E-state index contributed by atoms with van der Waals surface area (Å²) in [5.41, 5.74) is 0. The smallest absolute Gasteiger partial charge is 0.202 e. The third-order valence-electron chi connectivity index (χ3n) is 3.29. The molecule has 1 atom stereocenters. The molecule has 0 heterocycles. The SMILES string of the molecule is CCOC(Oc1ccc(O)c(F)c1)C1CCCC1. The highest BCUT2D eigenvalue weighted by molar-refractivity contribution is 5.32. The van der Waals surface area contributed by atoms with E-state index in [0.717, 1.165) is 12.8 Å². The van der Waals surface area contributed by atoms with Crippen LogP contribution in [0.5, 0.6) is 11.5 Å². The first-order chi connectivity index (χ1) is 8.70. The van der Waals surface area contributed by atoms with Gasteiger partial charge in [0.05, 0.1) is 0 Å². The minimum Gasteiger partial charge on any atom is -0.505 e. The molecular formula is C14H19FO3. The minimum atomic E-state index is -0.672. The molecule has 0 bridgehead atoms. The number of ether oxygens (including phenoxy) is 2. The molecule has 1 unspecified atom stereocenters. The van der Waals surface area contributed by atoms with Crippen molar-refractivity contribution in [3.05, 3.63) is 24.0 Å². The summed E-state index contributed by atoms with van der Waals surface area (Å²) >= 11 is 0. The summed E-state index contributed by atoms with van der Waals surface area (Å²) in [6.07, 6.45) is 4.25. The van der Waals surface area contributed by atoms with Gasteiger partial charge in [-0.2, -0.15) is 0 Å². The van der Waals surface area contributed by atoms with Crippen LogP contribution in [0.3, 0.4) is 0 Å². The van der Waals surface area contributed by atoms with Gasteiger partial charge >= 0.3 is 0 Å². The lowest BCUT2D eigenvalue weighted by Gasteiger charge is -2.24. The summed E-state index contributed by atoms with van der Waals surface area (Å²) in [5, 5.41) is 9.13. The molecule has 100 valence electrons. The third-order valence-corrected chi connectivity index (χ3v) is 3.29. The lowest BCUT2D eigenvalue weighted by molar-refractivity contribution is -0.110. The van der Waals surface area contributed by atoms with Gasteiger partial charge in [-0.05, 0) is 31.9 Å². The quantitative estimate of drug-likeness (QED) is 0.818. The number of hydrogen-bond acceptors (Lipinski definition) is 3. The second-order valence-corrected chi connectivity index (χ2v) is 4.60. The van der Waals surface area contributed by atoms with Crippen molar-refractivity contribution in [1.82, 2.24) is 0 Å². The summed E-state index contributed by atoms with van der Waals surface area (Å²) < 4.78 is 24.5. The van der Waals surface area contributed by atoms with Crippen LogP contribution < -0.4 is 4.74 Å². The monoisotopic (exact) mass is 254 g/mol. The molecule has 1 saturated carbocycles. The van der Waals surface area contributed by atoms with E-state index in [4.69, 9.17) is 14.6 Å². The van der Waals surface area contributed by atoms with Crippen molar-refractivity contribution in [1.29, 1.82) is 0 Å². The standard InChI is InChI=1S/C14H19FO3/c1-2-17-14(10-5-3-4-6-10)18-11-7-8-13(16)12(15)9-11/h7-10,14,16H,2-6H2,1H3.